The largest absolute Gasteiger partial charge is 0.347 e. The maximum absolute atomic E-state index is 5.94. The van der Waals surface area contributed by atoms with E-state index in [1.165, 1.54) is 47.0 Å². The highest BCUT2D eigenvalue weighted by atomic mass is 15.0. The Labute approximate surface area is 102 Å². The molecule has 90 valence electrons. The number of nitrogens with two attached hydrogens (primary N) is 1. The molecule has 2 heteroatoms. The van der Waals surface area contributed by atoms with Crippen LogP contribution in [0.2, 0.25) is 0 Å². The first kappa shape index (κ1) is 10.8. The second kappa shape index (κ2) is 3.88. The van der Waals surface area contributed by atoms with E-state index >= 15 is 0 Å². The molecule has 0 saturated heterocycles. The van der Waals surface area contributed by atoms with Gasteiger partial charge >= 0.3 is 0 Å². The van der Waals surface area contributed by atoms with E-state index in [9.17, 15) is 0 Å². The van der Waals surface area contributed by atoms with E-state index in [1.54, 1.807) is 0 Å². The molecule has 0 spiro atoms. The molecule has 2 nitrogen and oxygen atoms in total. The molecule has 2 aromatic rings. The number of rotatable bonds is 1. The minimum absolute atomic E-state index is 0.560. The molecule has 2 N–H and O–H groups in total. The van der Waals surface area contributed by atoms with E-state index < -0.39 is 0 Å². The Kier molecular flexibility index (Phi) is 2.48. The number of nitrogens with zero attached hydrogens (tertiary/aromatic N) is 1. The SMILES string of the molecule is Cc1ccc2c3c(n(C)c2c1)CCCC3CN. The van der Waals surface area contributed by atoms with Gasteiger partial charge in [0.1, 0.15) is 0 Å². The first-order valence-electron chi connectivity index (χ1n) is 6.50. The van der Waals surface area contributed by atoms with Crippen molar-refractivity contribution in [3.8, 4) is 0 Å². The fraction of sp³-hybridized carbons (Fsp3) is 0.467. The molecule has 1 aromatic heterocycles. The molecule has 1 unspecified atom stereocenters. The molecule has 0 aliphatic heterocycles. The summed E-state index contributed by atoms with van der Waals surface area (Å²) in [5, 5.41) is 1.42. The summed E-state index contributed by atoms with van der Waals surface area (Å²) in [6, 6.07) is 6.78. The van der Waals surface area contributed by atoms with Crippen molar-refractivity contribution >= 4 is 10.9 Å². The predicted molar refractivity (Wildman–Crippen MR) is 72.4 cm³/mol. The monoisotopic (exact) mass is 228 g/mol. The van der Waals surface area contributed by atoms with Crippen LogP contribution in [0.25, 0.3) is 10.9 Å². The Morgan fingerprint density at radius 3 is 3.00 bits per heavy atom. The van der Waals surface area contributed by atoms with E-state index in [-0.39, 0.29) is 0 Å². The fourth-order valence-corrected chi connectivity index (χ4v) is 3.28. The van der Waals surface area contributed by atoms with Crippen LogP contribution < -0.4 is 5.73 Å². The van der Waals surface area contributed by atoms with E-state index in [0.29, 0.717) is 5.92 Å². The second-order valence-corrected chi connectivity index (χ2v) is 5.26. The van der Waals surface area contributed by atoms with Gasteiger partial charge in [-0.3, -0.25) is 0 Å². The summed E-state index contributed by atoms with van der Waals surface area (Å²) in [6.07, 6.45) is 3.73. The zero-order valence-corrected chi connectivity index (χ0v) is 10.7. The molecular formula is C15H20N2. The predicted octanol–water partition coefficient (Wildman–Crippen LogP) is 2.87. The van der Waals surface area contributed by atoms with Gasteiger partial charge in [-0.2, -0.15) is 0 Å². The highest BCUT2D eigenvalue weighted by Crippen LogP contribution is 2.38. The quantitative estimate of drug-likeness (QED) is 0.799. The van der Waals surface area contributed by atoms with Crippen LogP contribution in [0.15, 0.2) is 18.2 Å². The van der Waals surface area contributed by atoms with Gasteiger partial charge in [0, 0.05) is 23.6 Å². The first-order valence-corrected chi connectivity index (χ1v) is 6.50. The first-order chi connectivity index (χ1) is 8.22. The van der Waals surface area contributed by atoms with Crippen molar-refractivity contribution < 1.29 is 0 Å². The molecule has 0 saturated carbocycles. The third kappa shape index (κ3) is 1.51. The van der Waals surface area contributed by atoms with Gasteiger partial charge in [-0.25, -0.2) is 0 Å². The third-order valence-corrected chi connectivity index (χ3v) is 4.18. The van der Waals surface area contributed by atoms with Crippen LogP contribution >= 0.6 is 0 Å². The van der Waals surface area contributed by atoms with Crippen LogP contribution in [-0.2, 0) is 13.5 Å². The van der Waals surface area contributed by atoms with Crippen LogP contribution in [-0.4, -0.2) is 11.1 Å². The van der Waals surface area contributed by atoms with Gasteiger partial charge in [-0.15, -0.1) is 0 Å². The molecule has 1 aliphatic rings. The summed E-state index contributed by atoms with van der Waals surface area (Å²) >= 11 is 0. The maximum atomic E-state index is 5.94. The minimum Gasteiger partial charge on any atom is -0.347 e. The van der Waals surface area contributed by atoms with Crippen molar-refractivity contribution in [1.29, 1.82) is 0 Å². The normalized spacial score (nSPS) is 19.6. The number of benzene rings is 1. The van der Waals surface area contributed by atoms with Crippen molar-refractivity contribution in [2.45, 2.75) is 32.1 Å². The van der Waals surface area contributed by atoms with Crippen molar-refractivity contribution in [3.63, 3.8) is 0 Å². The van der Waals surface area contributed by atoms with Gasteiger partial charge in [0.25, 0.3) is 0 Å². The molecular weight excluding hydrogens is 208 g/mol. The Hall–Kier alpha value is -1.28. The molecule has 0 fully saturated rings. The fourth-order valence-electron chi connectivity index (χ4n) is 3.28. The summed E-state index contributed by atoms with van der Waals surface area (Å²) in [5.41, 5.74) is 11.7. The van der Waals surface area contributed by atoms with Gasteiger partial charge in [0.2, 0.25) is 0 Å². The second-order valence-electron chi connectivity index (χ2n) is 5.26. The summed E-state index contributed by atoms with van der Waals surface area (Å²) in [4.78, 5) is 0. The van der Waals surface area contributed by atoms with Gasteiger partial charge in [0.15, 0.2) is 0 Å². The lowest BCUT2D eigenvalue weighted by Gasteiger charge is -2.22. The van der Waals surface area contributed by atoms with Crippen molar-refractivity contribution in [1.82, 2.24) is 4.57 Å². The number of fused-ring (bicyclic) bond motifs is 3. The molecule has 3 rings (SSSR count). The van der Waals surface area contributed by atoms with Crippen LogP contribution in [0.1, 0.15) is 35.6 Å². The molecule has 0 bridgehead atoms. The van der Waals surface area contributed by atoms with E-state index in [0.717, 1.165) is 6.54 Å². The summed E-state index contributed by atoms with van der Waals surface area (Å²) in [5.74, 6) is 0.560. The maximum Gasteiger partial charge on any atom is 0.0485 e. The molecule has 17 heavy (non-hydrogen) atoms. The smallest absolute Gasteiger partial charge is 0.0485 e. The zero-order chi connectivity index (χ0) is 12.0. The van der Waals surface area contributed by atoms with Crippen LogP contribution in [0.5, 0.6) is 0 Å². The Balaban J connectivity index is 2.34. The van der Waals surface area contributed by atoms with Gasteiger partial charge in [-0.05, 0) is 55.8 Å². The molecule has 1 aliphatic carbocycles. The third-order valence-electron chi connectivity index (χ3n) is 4.18. The van der Waals surface area contributed by atoms with Gasteiger partial charge in [0.05, 0.1) is 0 Å². The lowest BCUT2D eigenvalue weighted by molar-refractivity contribution is 0.549. The minimum atomic E-state index is 0.560. The molecule has 1 aromatic carbocycles. The molecule has 1 atom stereocenters. The average molecular weight is 228 g/mol. The van der Waals surface area contributed by atoms with E-state index in [4.69, 9.17) is 5.73 Å². The number of hydrogen-bond donors (Lipinski definition) is 1. The molecule has 1 heterocycles. The van der Waals surface area contributed by atoms with Crippen molar-refractivity contribution in [2.75, 3.05) is 6.54 Å². The lowest BCUT2D eigenvalue weighted by Crippen LogP contribution is -2.18. The van der Waals surface area contributed by atoms with Gasteiger partial charge < -0.3 is 10.3 Å². The van der Waals surface area contributed by atoms with E-state index in [1.807, 2.05) is 0 Å². The average Bonchev–Trinajstić information content (AvgIpc) is 2.63. The Morgan fingerprint density at radius 1 is 1.41 bits per heavy atom. The summed E-state index contributed by atoms with van der Waals surface area (Å²) in [7, 11) is 2.19. The van der Waals surface area contributed by atoms with Crippen molar-refractivity contribution in [3.05, 3.63) is 35.0 Å². The number of aryl methyl sites for hydroxylation is 2. The highest BCUT2D eigenvalue weighted by Gasteiger charge is 2.25. The standard InChI is InChI=1S/C15H20N2/c1-10-6-7-12-14(8-10)17(2)13-5-3-4-11(9-16)15(12)13/h6-8,11H,3-5,9,16H2,1-2H3. The highest BCUT2D eigenvalue weighted by molar-refractivity contribution is 5.87. The lowest BCUT2D eigenvalue weighted by atomic mass is 9.85. The summed E-state index contributed by atoms with van der Waals surface area (Å²) in [6.45, 7) is 2.94. The Bertz CT molecular complexity index is 566. The number of aromatic nitrogens is 1. The zero-order valence-electron chi connectivity index (χ0n) is 10.7. The van der Waals surface area contributed by atoms with Crippen LogP contribution in [0, 0.1) is 6.92 Å². The van der Waals surface area contributed by atoms with Crippen LogP contribution in [0.3, 0.4) is 0 Å². The van der Waals surface area contributed by atoms with Gasteiger partial charge in [-0.1, -0.05) is 12.1 Å². The van der Waals surface area contributed by atoms with Crippen molar-refractivity contribution in [2.24, 2.45) is 12.8 Å². The van der Waals surface area contributed by atoms with E-state index in [2.05, 4.69) is 36.7 Å². The van der Waals surface area contributed by atoms with Crippen LogP contribution in [0.4, 0.5) is 0 Å². The summed E-state index contributed by atoms with van der Waals surface area (Å²) < 4.78 is 2.37. The molecule has 0 radical (unpaired) electrons. The molecule has 0 amide bonds. The number of hydrogen-bond acceptors (Lipinski definition) is 1. The topological polar surface area (TPSA) is 30.9 Å². The Morgan fingerprint density at radius 2 is 2.24 bits per heavy atom.